The third-order valence-electron chi connectivity index (χ3n) is 26.3. The van der Waals surface area contributed by atoms with Gasteiger partial charge in [-0.05, 0) is 113 Å². The minimum Gasteiger partial charge on any atom is -0.461 e. The summed E-state index contributed by atoms with van der Waals surface area (Å²) < 4.78 is 95.8. The van der Waals surface area contributed by atoms with E-state index in [1.165, 1.54) is 70.4 Å². The highest BCUT2D eigenvalue weighted by molar-refractivity contribution is 14.1. The van der Waals surface area contributed by atoms with Gasteiger partial charge in [-0.1, -0.05) is 96.2 Å². The first kappa shape index (κ1) is 98.3. The molecule has 2 bridgehead atoms. The lowest BCUT2D eigenvalue weighted by Crippen LogP contribution is -2.53. The number of nitrogens with one attached hydrogen (secondary N) is 4. The zero-order valence-corrected chi connectivity index (χ0v) is 70.9. The number of rotatable bonds is 11. The molecule has 15 heterocycles. The van der Waals surface area contributed by atoms with Crippen LogP contribution in [-0.2, 0) is 61.6 Å². The Morgan fingerprint density at radius 1 is 0.402 bits per heavy atom. The average molecular weight is 1950 g/mol. The third-order valence-corrected chi connectivity index (χ3v) is 28.9. The molecule has 4 aliphatic carbocycles. The van der Waals surface area contributed by atoms with Gasteiger partial charge in [0.1, 0.15) is 87.5 Å². The summed E-state index contributed by atoms with van der Waals surface area (Å²) in [6.45, 7) is 15.6. The monoisotopic (exact) mass is 1950 g/mol. The second-order valence-electron chi connectivity index (χ2n) is 34.7. The average Bonchev–Trinajstić information content (AvgIpc) is 1.54. The van der Waals surface area contributed by atoms with E-state index in [-0.39, 0.29) is 74.1 Å². The van der Waals surface area contributed by atoms with Crippen molar-refractivity contribution in [1.82, 2.24) is 47.8 Å². The number of hydrogen-bond acceptors (Lipinski definition) is 29. The van der Waals surface area contributed by atoms with Crippen molar-refractivity contribution in [3.05, 3.63) is 155 Å². The maximum Gasteiger partial charge on any atom is 0.330 e. The number of ether oxygens (including phenoxy) is 14. The maximum atomic E-state index is 12.4. The van der Waals surface area contributed by atoms with Gasteiger partial charge in [-0.2, -0.15) is 4.98 Å². The molecule has 14 aliphatic rings. The van der Waals surface area contributed by atoms with Crippen molar-refractivity contribution in [3.8, 4) is 6.01 Å². The number of nitrogens with zero attached hydrogens (tertiary/aromatic N) is 6. The van der Waals surface area contributed by atoms with Crippen molar-refractivity contribution in [1.29, 1.82) is 0 Å². The van der Waals surface area contributed by atoms with E-state index in [4.69, 9.17) is 66.3 Å². The summed E-state index contributed by atoms with van der Waals surface area (Å²) in [5, 5.41) is 49.6. The fourth-order valence-electron chi connectivity index (χ4n) is 20.5. The van der Waals surface area contributed by atoms with Crippen molar-refractivity contribution >= 4 is 45.2 Å². The predicted molar refractivity (Wildman–Crippen MR) is 457 cm³/mol. The smallest absolute Gasteiger partial charge is 0.330 e. The molecule has 5 aromatic heterocycles. The summed E-state index contributed by atoms with van der Waals surface area (Å²) in [6, 6.07) is 6.68. The van der Waals surface area contributed by atoms with Crippen LogP contribution >= 0.6 is 45.2 Å². The Kier molecular flexibility index (Phi) is 28.4. The van der Waals surface area contributed by atoms with Gasteiger partial charge in [0.25, 0.3) is 27.8 Å². The van der Waals surface area contributed by atoms with E-state index in [1.807, 2.05) is 25.8 Å². The molecule has 40 heteroatoms. The number of halogens is 2. The molecule has 13 fully saturated rings. The summed E-state index contributed by atoms with van der Waals surface area (Å²) in [6.07, 6.45) is 17.0. The van der Waals surface area contributed by atoms with Crippen LogP contribution in [0.15, 0.2) is 104 Å². The van der Waals surface area contributed by atoms with Crippen molar-refractivity contribution in [2.24, 2.45) is 0 Å². The van der Waals surface area contributed by atoms with Crippen LogP contribution in [0.2, 0.25) is 0 Å². The molecule has 0 amide bonds. The molecule has 0 aromatic carbocycles. The lowest BCUT2D eigenvalue weighted by molar-refractivity contribution is -0.248. The van der Waals surface area contributed by atoms with E-state index in [9.17, 15) is 68.7 Å². The molecule has 122 heavy (non-hydrogen) atoms. The van der Waals surface area contributed by atoms with E-state index in [2.05, 4.69) is 85.9 Å². The Balaban J connectivity index is 0.000000159. The number of aliphatic hydroxyl groups is 5. The number of aromatic amines is 4. The summed E-state index contributed by atoms with van der Waals surface area (Å²) >= 11 is 4.47. The zero-order chi connectivity index (χ0) is 83.9. The summed E-state index contributed by atoms with van der Waals surface area (Å²) in [4.78, 5) is 118. The Morgan fingerprint density at radius 3 is 1.07 bits per heavy atom. The van der Waals surface area contributed by atoms with Crippen LogP contribution in [0.25, 0.3) is 0 Å². The van der Waals surface area contributed by atoms with Crippen molar-refractivity contribution < 1.29 is 91.8 Å². The van der Waals surface area contributed by atoms with E-state index in [0.717, 1.165) is 132 Å². The van der Waals surface area contributed by atoms with E-state index in [1.54, 1.807) is 17.7 Å². The van der Waals surface area contributed by atoms with Crippen molar-refractivity contribution in [2.45, 2.75) is 356 Å². The van der Waals surface area contributed by atoms with Gasteiger partial charge in [0.05, 0.1) is 25.4 Å². The second-order valence-corrected chi connectivity index (χ2v) is 36.2. The maximum absolute atomic E-state index is 12.4. The van der Waals surface area contributed by atoms with Gasteiger partial charge in [0.15, 0.2) is 54.3 Å². The SMILES string of the molecule is C.C.C.C.C.CCC1(CC)O[C@@H](n2ccc(=O)[nH]c2=O)[C@]2(C)OC3(CCCC3)O[C@H]12.C[C@@]12OC3(CCCC3)O[C@@H]1[C@@](C)(CO)O[C@H]2n1ccc(=O)[nH]c1=O.C[C@@]12OC3(CCCC3)O[C@@H]1[C@@]1(CI)COc3nc(=O)ccn3[C@@H]2O1.C[C@@]12OC3(CCCC3)O[C@@H]1[C@](CO)(CI)O[C@H]2n1ccc(=O)[nH]c1=O.C[C@]1(O)[C@H](n2ccc(=O)[nH]c2=O)O[C@](C)(CO)[C@H]1O. The highest BCUT2D eigenvalue weighted by atomic mass is 127. The Hall–Kier alpha value is -5.86. The molecular weight excluding hydrogens is 1830 g/mol. The summed E-state index contributed by atoms with van der Waals surface area (Å²) in [5.74, 6) is -2.43. The standard InChI is InChI=1S/C18H26N2O5.C16H21IN2O6.C16H19IN2O5.C16H22N2O6.C11H16N2O6.5CH4/c1-4-17(5-2)13-16(3,25-18(23-13)9-6-7-10-18)14(24-17)20-11-8-12(21)19-15(20)22;1-14-11(23-16(25-14)5-2-3-6-16)15(8-17,9-20)24-12(14)19-7-4-10(21)18-13(19)22;1-14-11(22-16(24-14)5-2-3-6-16)15(8-17)9-21-13-18-10(20)4-7-19(13)12(14)23-15;1-14(9-19)11-15(2,24-16(22-11)6-3-4-7-16)12(23-14)18-8-5-10(20)17-13(18)21;1-10(5-14)7(16)11(2,18)8(19-10)13-4-3-6(15)12-9(13)17;;;;;/h8,11,13-14H,4-7,9-10H2,1-3H3,(H,19,21,22);4,7,11-12,20H,2-3,5-6,8-9H2,1H3,(H,18,21,22);4,7,11-12H,2-3,5-6,8-9H2,1H3;5,8,11-12,19H,3-4,6-7,9H2,1-2H3,(H,17,20,21);3-4,7-8,14,16,18H,5H2,1-2H3,(H,12,15,17);5*1H4/t13-,14+,16+;2*11-,12+,14+,15+;11-,12-,14-,15-;7-,8-,10-,11-;;;;;/m00011...../s1. The molecule has 4 saturated carbocycles. The number of aliphatic hydroxyl groups excluding tert-OH is 4. The Morgan fingerprint density at radius 2 is 0.721 bits per heavy atom. The second kappa shape index (κ2) is 35.3. The number of H-pyrrole nitrogens is 4. The quantitative estimate of drug-likeness (QED) is 0.0549. The van der Waals surface area contributed by atoms with Crippen molar-refractivity contribution in [2.75, 3.05) is 35.3 Å². The van der Waals surface area contributed by atoms with Gasteiger partial charge in [-0.25, -0.2) is 19.2 Å². The van der Waals surface area contributed by atoms with Crippen molar-refractivity contribution in [3.63, 3.8) is 0 Å². The fraction of sp³-hybridized carbons (Fsp3) is 0.756. The fourth-order valence-corrected chi connectivity index (χ4v) is 22.1. The highest BCUT2D eigenvalue weighted by Gasteiger charge is 2.76. The van der Waals surface area contributed by atoms with Gasteiger partial charge in [-0.3, -0.25) is 66.7 Å². The van der Waals surface area contributed by atoms with Gasteiger partial charge in [0.2, 0.25) is 0 Å². The largest absolute Gasteiger partial charge is 0.461 e. The first-order valence-corrected chi connectivity index (χ1v) is 43.1. The summed E-state index contributed by atoms with van der Waals surface area (Å²) in [7, 11) is 0. The van der Waals surface area contributed by atoms with Gasteiger partial charge < -0.3 is 91.8 Å². The van der Waals surface area contributed by atoms with Crippen LogP contribution in [0.1, 0.15) is 246 Å². The van der Waals surface area contributed by atoms with Gasteiger partial charge >= 0.3 is 28.8 Å². The molecule has 19 rings (SSSR count). The minimum absolute atomic E-state index is 0. The predicted octanol–water partition coefficient (Wildman–Crippen LogP) is 5.90. The lowest BCUT2D eigenvalue weighted by atomic mass is 9.84. The first-order valence-electron chi connectivity index (χ1n) is 40.0. The van der Waals surface area contributed by atoms with E-state index < -0.39 is 180 Å². The normalized spacial score (nSPS) is 37.4. The molecule has 9 N–H and O–H groups in total. The van der Waals surface area contributed by atoms with Crippen LogP contribution in [0.5, 0.6) is 6.01 Å². The molecular formula is C82H124I2N10O28. The van der Waals surface area contributed by atoms with Crippen LogP contribution in [0.3, 0.4) is 0 Å². The molecule has 5 aromatic rings. The topological polar surface area (TPSA) is 485 Å². The van der Waals surface area contributed by atoms with Crippen LogP contribution in [-0.4, -0.2) is 218 Å². The van der Waals surface area contributed by atoms with E-state index in [0.29, 0.717) is 15.5 Å². The van der Waals surface area contributed by atoms with Crippen LogP contribution < -0.4 is 55.3 Å². The summed E-state index contributed by atoms with van der Waals surface area (Å²) in [5.41, 5.74) is -14.3. The minimum atomic E-state index is -1.79. The molecule has 9 saturated heterocycles. The van der Waals surface area contributed by atoms with Crippen LogP contribution in [0, 0.1) is 0 Å². The zero-order valence-electron chi connectivity index (χ0n) is 66.6. The first-order chi connectivity index (χ1) is 55.3. The highest BCUT2D eigenvalue weighted by Crippen LogP contribution is 2.64. The number of alkyl halides is 2. The molecule has 4 spiro atoms. The van der Waals surface area contributed by atoms with Crippen LogP contribution in [0.4, 0.5) is 0 Å². The third kappa shape index (κ3) is 16.1. The Bertz CT molecular complexity index is 4980. The molecule has 38 nitrogen and oxygen atoms in total. The lowest BCUT2D eigenvalue weighted by Gasteiger charge is -2.34. The Labute approximate surface area is 732 Å². The number of aromatic nitrogens is 10. The van der Waals surface area contributed by atoms with E-state index >= 15 is 0 Å². The number of hydrogen-bond donors (Lipinski definition) is 9. The molecule has 10 aliphatic heterocycles. The van der Waals surface area contributed by atoms with Gasteiger partial charge in [-0.15, -0.1) is 0 Å². The molecule has 0 radical (unpaired) electrons. The molecule has 684 valence electrons. The molecule has 19 atom stereocenters. The van der Waals surface area contributed by atoms with Gasteiger partial charge in [0, 0.05) is 122 Å². The number of fused-ring (bicyclic) bond motifs is 10. The molecule has 0 unspecified atom stereocenters.